The second-order valence-electron chi connectivity index (χ2n) is 4.06. The van der Waals surface area contributed by atoms with Crippen molar-refractivity contribution in [2.24, 2.45) is 0 Å². The summed E-state index contributed by atoms with van der Waals surface area (Å²) in [6, 6.07) is 0.630. The van der Waals surface area contributed by atoms with Crippen molar-refractivity contribution in [1.29, 1.82) is 0 Å². The van der Waals surface area contributed by atoms with Gasteiger partial charge in [-0.3, -0.25) is 4.90 Å². The van der Waals surface area contributed by atoms with Gasteiger partial charge in [0.25, 0.3) is 0 Å². The number of rotatable bonds is 1. The summed E-state index contributed by atoms with van der Waals surface area (Å²) in [7, 11) is 0. The van der Waals surface area contributed by atoms with Crippen molar-refractivity contribution in [1.82, 2.24) is 14.5 Å². The smallest absolute Gasteiger partial charge is 0.123 e. The van der Waals surface area contributed by atoms with Crippen molar-refractivity contribution in [3.63, 3.8) is 0 Å². The fourth-order valence-electron chi connectivity index (χ4n) is 1.85. The van der Waals surface area contributed by atoms with Crippen molar-refractivity contribution in [3.8, 4) is 0 Å². The Morgan fingerprint density at radius 2 is 2.15 bits per heavy atom. The van der Waals surface area contributed by atoms with Gasteiger partial charge >= 0.3 is 0 Å². The van der Waals surface area contributed by atoms with Gasteiger partial charge in [0.05, 0.1) is 12.2 Å². The maximum atomic E-state index is 4.51. The molecule has 13 heavy (non-hydrogen) atoms. The molecule has 0 radical (unpaired) electrons. The fourth-order valence-corrected chi connectivity index (χ4v) is 1.85. The van der Waals surface area contributed by atoms with E-state index in [1.54, 1.807) is 0 Å². The van der Waals surface area contributed by atoms with Crippen LogP contribution in [0.2, 0.25) is 0 Å². The largest absolute Gasteiger partial charge is 0.332 e. The van der Waals surface area contributed by atoms with E-state index in [9.17, 15) is 0 Å². The van der Waals surface area contributed by atoms with Gasteiger partial charge in [-0.1, -0.05) is 0 Å². The SMILES string of the molecule is Cc1cn2c(n1)CN(C(C)C)CC2. The lowest BCUT2D eigenvalue weighted by Crippen LogP contribution is -2.38. The first-order valence-corrected chi connectivity index (χ1v) is 4.93. The van der Waals surface area contributed by atoms with Crippen LogP contribution < -0.4 is 0 Å². The van der Waals surface area contributed by atoms with E-state index in [2.05, 4.69) is 41.4 Å². The van der Waals surface area contributed by atoms with Crippen molar-refractivity contribution in [2.45, 2.75) is 39.9 Å². The zero-order chi connectivity index (χ0) is 9.42. The van der Waals surface area contributed by atoms with Crippen LogP contribution >= 0.6 is 0 Å². The summed E-state index contributed by atoms with van der Waals surface area (Å²) >= 11 is 0. The lowest BCUT2D eigenvalue weighted by atomic mass is 10.2. The van der Waals surface area contributed by atoms with E-state index in [4.69, 9.17) is 0 Å². The van der Waals surface area contributed by atoms with Gasteiger partial charge in [-0.2, -0.15) is 0 Å². The Morgan fingerprint density at radius 3 is 2.85 bits per heavy atom. The molecule has 1 aromatic rings. The monoisotopic (exact) mass is 179 g/mol. The van der Waals surface area contributed by atoms with Gasteiger partial charge in [-0.25, -0.2) is 4.98 Å². The Balaban J connectivity index is 2.19. The van der Waals surface area contributed by atoms with Crippen LogP contribution in [0, 0.1) is 6.92 Å². The average molecular weight is 179 g/mol. The molecule has 0 fully saturated rings. The maximum Gasteiger partial charge on any atom is 0.123 e. The van der Waals surface area contributed by atoms with Crippen molar-refractivity contribution in [3.05, 3.63) is 17.7 Å². The Morgan fingerprint density at radius 1 is 1.38 bits per heavy atom. The van der Waals surface area contributed by atoms with E-state index in [1.807, 2.05) is 0 Å². The van der Waals surface area contributed by atoms with Gasteiger partial charge < -0.3 is 4.57 Å². The third-order valence-electron chi connectivity index (χ3n) is 2.68. The second-order valence-corrected chi connectivity index (χ2v) is 4.06. The molecule has 3 nitrogen and oxygen atoms in total. The van der Waals surface area contributed by atoms with Crippen LogP contribution in [0.1, 0.15) is 25.4 Å². The Kier molecular flexibility index (Phi) is 2.12. The molecule has 1 aliphatic heterocycles. The number of hydrogen-bond donors (Lipinski definition) is 0. The lowest BCUT2D eigenvalue weighted by Gasteiger charge is -2.30. The first-order chi connectivity index (χ1) is 6.16. The van der Waals surface area contributed by atoms with Crippen molar-refractivity contribution in [2.75, 3.05) is 6.54 Å². The molecule has 2 heterocycles. The second kappa shape index (κ2) is 3.14. The molecule has 0 N–H and O–H groups in total. The highest BCUT2D eigenvalue weighted by atomic mass is 15.2. The quantitative estimate of drug-likeness (QED) is 0.650. The molecule has 0 saturated carbocycles. The molecule has 0 atom stereocenters. The molecule has 0 amide bonds. The summed E-state index contributed by atoms with van der Waals surface area (Å²) in [6.07, 6.45) is 2.15. The minimum atomic E-state index is 0.630. The van der Waals surface area contributed by atoms with Gasteiger partial charge in [0.2, 0.25) is 0 Å². The van der Waals surface area contributed by atoms with E-state index >= 15 is 0 Å². The third kappa shape index (κ3) is 1.61. The summed E-state index contributed by atoms with van der Waals surface area (Å²) in [5, 5.41) is 0. The highest BCUT2D eigenvalue weighted by molar-refractivity contribution is 5.04. The first-order valence-electron chi connectivity index (χ1n) is 4.93. The molecular weight excluding hydrogens is 162 g/mol. The molecule has 1 aromatic heterocycles. The number of aromatic nitrogens is 2. The van der Waals surface area contributed by atoms with Crippen LogP contribution in [0.15, 0.2) is 6.20 Å². The Labute approximate surface area is 79.4 Å². The van der Waals surface area contributed by atoms with Crippen molar-refractivity contribution >= 4 is 0 Å². The minimum Gasteiger partial charge on any atom is -0.332 e. The van der Waals surface area contributed by atoms with Gasteiger partial charge in [-0.05, 0) is 20.8 Å². The maximum absolute atomic E-state index is 4.51. The van der Waals surface area contributed by atoms with Gasteiger partial charge in [-0.15, -0.1) is 0 Å². The number of imidazole rings is 1. The van der Waals surface area contributed by atoms with E-state index in [0.29, 0.717) is 6.04 Å². The number of nitrogens with zero attached hydrogens (tertiary/aromatic N) is 3. The summed E-state index contributed by atoms with van der Waals surface area (Å²) < 4.78 is 2.27. The predicted molar refractivity (Wildman–Crippen MR) is 52.5 cm³/mol. The van der Waals surface area contributed by atoms with Crippen LogP contribution in [0.25, 0.3) is 0 Å². The topological polar surface area (TPSA) is 21.1 Å². The van der Waals surface area contributed by atoms with Gasteiger partial charge in [0.1, 0.15) is 5.82 Å². The van der Waals surface area contributed by atoms with Crippen LogP contribution in [-0.2, 0) is 13.1 Å². The third-order valence-corrected chi connectivity index (χ3v) is 2.68. The zero-order valence-electron chi connectivity index (χ0n) is 8.62. The number of hydrogen-bond acceptors (Lipinski definition) is 2. The van der Waals surface area contributed by atoms with Crippen molar-refractivity contribution < 1.29 is 0 Å². The van der Waals surface area contributed by atoms with Crippen LogP contribution in [-0.4, -0.2) is 27.0 Å². The molecule has 72 valence electrons. The standard InChI is InChI=1S/C10H17N3/c1-8(2)12-4-5-13-6-9(3)11-10(13)7-12/h6,8H,4-5,7H2,1-3H3. The highest BCUT2D eigenvalue weighted by Gasteiger charge is 2.18. The van der Waals surface area contributed by atoms with E-state index in [0.717, 1.165) is 25.3 Å². The average Bonchev–Trinajstić information content (AvgIpc) is 2.42. The molecule has 0 bridgehead atoms. The van der Waals surface area contributed by atoms with Crippen LogP contribution in [0.4, 0.5) is 0 Å². The summed E-state index contributed by atoms with van der Waals surface area (Å²) in [4.78, 5) is 6.97. The normalized spacial score (nSPS) is 17.8. The molecular formula is C10H17N3. The van der Waals surface area contributed by atoms with E-state index < -0.39 is 0 Å². The van der Waals surface area contributed by atoms with Gasteiger partial charge in [0, 0.05) is 25.3 Å². The van der Waals surface area contributed by atoms with Crippen LogP contribution in [0.3, 0.4) is 0 Å². The summed E-state index contributed by atoms with van der Waals surface area (Å²) in [6.45, 7) is 9.79. The molecule has 0 aliphatic carbocycles. The molecule has 0 saturated heterocycles. The summed E-state index contributed by atoms with van der Waals surface area (Å²) in [5.41, 5.74) is 1.14. The highest BCUT2D eigenvalue weighted by Crippen LogP contribution is 2.14. The van der Waals surface area contributed by atoms with E-state index in [1.165, 1.54) is 5.82 Å². The Hall–Kier alpha value is -0.830. The summed E-state index contributed by atoms with van der Waals surface area (Å²) in [5.74, 6) is 1.22. The lowest BCUT2D eigenvalue weighted by molar-refractivity contribution is 0.173. The zero-order valence-corrected chi connectivity index (χ0v) is 8.62. The van der Waals surface area contributed by atoms with Crippen LogP contribution in [0.5, 0.6) is 0 Å². The first kappa shape index (κ1) is 8.75. The molecule has 3 heteroatoms. The Bertz CT molecular complexity index is 301. The fraction of sp³-hybridized carbons (Fsp3) is 0.700. The van der Waals surface area contributed by atoms with Gasteiger partial charge in [0.15, 0.2) is 0 Å². The molecule has 2 rings (SSSR count). The molecule has 1 aliphatic rings. The molecule has 0 aromatic carbocycles. The molecule has 0 spiro atoms. The van der Waals surface area contributed by atoms with E-state index in [-0.39, 0.29) is 0 Å². The number of fused-ring (bicyclic) bond motifs is 1. The minimum absolute atomic E-state index is 0.630. The predicted octanol–water partition coefficient (Wildman–Crippen LogP) is 1.42. The molecule has 0 unspecified atom stereocenters. The number of aryl methyl sites for hydroxylation is 1.